The van der Waals surface area contributed by atoms with Gasteiger partial charge in [0.05, 0.1) is 39.9 Å². The summed E-state index contributed by atoms with van der Waals surface area (Å²) in [5.74, 6) is -0.169. The number of aliphatic hydroxyl groups excluding tert-OH is 1. The zero-order chi connectivity index (χ0) is 51.3. The van der Waals surface area contributed by atoms with E-state index in [9.17, 15) is 19.4 Å². The fraction of sp³-hybridized carbons (Fsp3) is 0.951. The third-order valence-corrected chi connectivity index (χ3v) is 15.5. The highest BCUT2D eigenvalue weighted by molar-refractivity contribution is 7.47. The van der Waals surface area contributed by atoms with E-state index in [4.69, 9.17) is 9.05 Å². The number of likely N-dealkylation sites (N-methyl/N-ethyl adjacent to an activating group) is 1. The van der Waals surface area contributed by atoms with Gasteiger partial charge in [0.2, 0.25) is 5.91 Å². The van der Waals surface area contributed by atoms with E-state index in [0.717, 1.165) is 32.1 Å². The van der Waals surface area contributed by atoms with Crippen molar-refractivity contribution in [1.29, 1.82) is 0 Å². The van der Waals surface area contributed by atoms with Gasteiger partial charge in [-0.15, -0.1) is 0 Å². The first-order valence-electron chi connectivity index (χ1n) is 31.1. The van der Waals surface area contributed by atoms with Crippen LogP contribution in [0.4, 0.5) is 0 Å². The van der Waals surface area contributed by atoms with Crippen molar-refractivity contribution in [3.05, 3.63) is 12.2 Å². The molecule has 0 aromatic heterocycles. The number of aliphatic hydroxyl groups is 1. The lowest BCUT2D eigenvalue weighted by molar-refractivity contribution is -0.870. The number of allylic oxidation sites excluding steroid dienone is 1. The Morgan fingerprint density at radius 3 is 1.06 bits per heavy atom. The molecule has 0 aromatic carbocycles. The Morgan fingerprint density at radius 1 is 0.471 bits per heavy atom. The topological polar surface area (TPSA) is 105 Å². The van der Waals surface area contributed by atoms with Crippen LogP contribution in [0.5, 0.6) is 0 Å². The molecule has 0 radical (unpaired) electrons. The Kier molecular flexibility index (Phi) is 52.5. The zero-order valence-electron chi connectivity index (χ0n) is 47.8. The minimum atomic E-state index is -4.34. The van der Waals surface area contributed by atoms with Gasteiger partial charge in [0, 0.05) is 6.42 Å². The van der Waals surface area contributed by atoms with Crippen molar-refractivity contribution in [3.8, 4) is 0 Å². The van der Waals surface area contributed by atoms with Gasteiger partial charge in [0.1, 0.15) is 13.2 Å². The quantitative estimate of drug-likeness (QED) is 0.0243. The van der Waals surface area contributed by atoms with Gasteiger partial charge in [0.25, 0.3) is 0 Å². The molecular formula is C61H124N2O6P+. The van der Waals surface area contributed by atoms with Crippen LogP contribution in [0, 0.1) is 0 Å². The Bertz CT molecular complexity index is 1150. The number of phosphoric acid groups is 1. The molecule has 0 aliphatic carbocycles. The van der Waals surface area contributed by atoms with Gasteiger partial charge in [-0.3, -0.25) is 13.8 Å². The first kappa shape index (κ1) is 69.2. The highest BCUT2D eigenvalue weighted by atomic mass is 31.2. The maximum atomic E-state index is 13.0. The van der Waals surface area contributed by atoms with E-state index in [0.29, 0.717) is 17.4 Å². The monoisotopic (exact) mass is 1010 g/mol. The number of phosphoric ester groups is 1. The Balaban J connectivity index is 4.02. The Hall–Kier alpha value is -0.760. The highest BCUT2D eigenvalue weighted by Gasteiger charge is 2.27. The molecule has 0 bridgehead atoms. The lowest BCUT2D eigenvalue weighted by atomic mass is 10.0. The standard InChI is InChI=1S/C61H123N2O6P/c1-6-8-10-12-14-16-18-20-22-24-25-26-27-28-29-30-31-32-33-34-35-36-37-39-41-43-45-47-49-51-53-55-61(65)62-59(58-69-70(66,67)68-57-56-63(3,4)5)60(64)54-52-50-48-46-44-42-40-38-23-21-19-17-15-13-11-9-7-2/h52,54,59-60,64H,6-51,53,55-58H2,1-5H3,(H-,62,65,66,67)/p+1/b54-52+. The molecule has 0 fully saturated rings. The number of amides is 1. The Labute approximate surface area is 437 Å². The smallest absolute Gasteiger partial charge is 0.387 e. The molecule has 0 rings (SSSR count). The molecule has 70 heavy (non-hydrogen) atoms. The van der Waals surface area contributed by atoms with Gasteiger partial charge in [0.15, 0.2) is 0 Å². The molecule has 0 saturated heterocycles. The van der Waals surface area contributed by atoms with Crippen molar-refractivity contribution in [2.24, 2.45) is 0 Å². The lowest BCUT2D eigenvalue weighted by Crippen LogP contribution is -2.45. The summed E-state index contributed by atoms with van der Waals surface area (Å²) < 4.78 is 23.7. The average Bonchev–Trinajstić information content (AvgIpc) is 3.32. The number of nitrogens with one attached hydrogen (secondary N) is 1. The number of hydrogen-bond acceptors (Lipinski definition) is 5. The second-order valence-corrected chi connectivity index (χ2v) is 24.3. The number of nitrogens with zero attached hydrogens (tertiary/aromatic N) is 1. The normalized spacial score (nSPS) is 13.9. The number of quaternary nitrogens is 1. The summed E-state index contributed by atoms with van der Waals surface area (Å²) in [5, 5.41) is 13.9. The molecule has 1 amide bonds. The molecule has 0 aromatic rings. The summed E-state index contributed by atoms with van der Waals surface area (Å²) in [7, 11) is 1.59. The summed E-state index contributed by atoms with van der Waals surface area (Å²) in [5.41, 5.74) is 0. The lowest BCUT2D eigenvalue weighted by Gasteiger charge is -2.25. The largest absolute Gasteiger partial charge is 0.472 e. The molecule has 418 valence electrons. The maximum absolute atomic E-state index is 13.0. The summed E-state index contributed by atoms with van der Waals surface area (Å²) in [6.45, 7) is 4.87. The summed E-state index contributed by atoms with van der Waals surface area (Å²) in [6, 6.07) is -0.842. The van der Waals surface area contributed by atoms with E-state index in [-0.39, 0.29) is 19.1 Å². The number of carbonyl (C=O) groups excluding carboxylic acids is 1. The second kappa shape index (κ2) is 53.1. The van der Waals surface area contributed by atoms with E-state index in [1.54, 1.807) is 6.08 Å². The first-order valence-corrected chi connectivity index (χ1v) is 32.6. The van der Waals surface area contributed by atoms with Gasteiger partial charge in [-0.25, -0.2) is 4.57 Å². The molecular weight excluding hydrogens is 888 g/mol. The highest BCUT2D eigenvalue weighted by Crippen LogP contribution is 2.43. The molecule has 9 heteroatoms. The van der Waals surface area contributed by atoms with Gasteiger partial charge in [-0.05, 0) is 19.3 Å². The van der Waals surface area contributed by atoms with Crippen molar-refractivity contribution < 1.29 is 32.9 Å². The molecule has 0 saturated carbocycles. The molecule has 3 N–H and O–H groups in total. The van der Waals surface area contributed by atoms with Gasteiger partial charge in [-0.1, -0.05) is 309 Å². The molecule has 3 atom stereocenters. The van der Waals surface area contributed by atoms with E-state index in [1.807, 2.05) is 27.2 Å². The van der Waals surface area contributed by atoms with E-state index < -0.39 is 20.0 Å². The summed E-state index contributed by atoms with van der Waals surface area (Å²) >= 11 is 0. The summed E-state index contributed by atoms with van der Waals surface area (Å²) in [6.07, 6.45) is 66.2. The second-order valence-electron chi connectivity index (χ2n) is 22.8. The fourth-order valence-corrected chi connectivity index (χ4v) is 10.4. The molecule has 0 aliphatic rings. The van der Waals surface area contributed by atoms with Crippen LogP contribution in [0.2, 0.25) is 0 Å². The van der Waals surface area contributed by atoms with E-state index in [2.05, 4.69) is 19.2 Å². The minimum absolute atomic E-state index is 0.0652. The number of carbonyl (C=O) groups is 1. The van der Waals surface area contributed by atoms with Crippen LogP contribution in [0.15, 0.2) is 12.2 Å². The van der Waals surface area contributed by atoms with Gasteiger partial charge < -0.3 is 19.8 Å². The van der Waals surface area contributed by atoms with Crippen LogP contribution >= 0.6 is 7.82 Å². The molecule has 3 unspecified atom stereocenters. The van der Waals surface area contributed by atoms with Crippen molar-refractivity contribution in [3.63, 3.8) is 0 Å². The van der Waals surface area contributed by atoms with Crippen molar-refractivity contribution >= 4 is 13.7 Å². The van der Waals surface area contributed by atoms with Crippen LogP contribution in [0.3, 0.4) is 0 Å². The van der Waals surface area contributed by atoms with E-state index in [1.165, 1.54) is 270 Å². The molecule has 0 spiro atoms. The number of unbranched alkanes of at least 4 members (excludes halogenated alkanes) is 45. The predicted molar refractivity (Wildman–Crippen MR) is 305 cm³/mol. The van der Waals surface area contributed by atoms with Crippen LogP contribution < -0.4 is 5.32 Å². The third kappa shape index (κ3) is 55.0. The third-order valence-electron chi connectivity index (χ3n) is 14.5. The van der Waals surface area contributed by atoms with Gasteiger partial charge in [-0.2, -0.15) is 0 Å². The maximum Gasteiger partial charge on any atom is 0.472 e. The summed E-state index contributed by atoms with van der Waals surface area (Å²) in [4.78, 5) is 23.3. The first-order chi connectivity index (χ1) is 34.0. The average molecular weight is 1010 g/mol. The molecule has 0 aliphatic heterocycles. The Morgan fingerprint density at radius 2 is 0.757 bits per heavy atom. The number of hydrogen-bond donors (Lipinski definition) is 3. The minimum Gasteiger partial charge on any atom is -0.387 e. The van der Waals surface area contributed by atoms with Crippen LogP contribution in [0.1, 0.15) is 322 Å². The van der Waals surface area contributed by atoms with E-state index >= 15 is 0 Å². The fourth-order valence-electron chi connectivity index (χ4n) is 9.63. The van der Waals surface area contributed by atoms with Crippen molar-refractivity contribution in [1.82, 2.24) is 5.32 Å². The van der Waals surface area contributed by atoms with Crippen LogP contribution in [0.25, 0.3) is 0 Å². The molecule has 8 nitrogen and oxygen atoms in total. The van der Waals surface area contributed by atoms with Crippen molar-refractivity contribution in [2.45, 2.75) is 334 Å². The number of rotatable bonds is 58. The SMILES string of the molecule is CCCCCCCCCCCCCCCCC/C=C/C(O)C(COP(=O)(O)OCC[N+](C)(C)C)NC(=O)CCCCCCCCCCCCCCCCCCCCCCCCCCCCCCCCC. The van der Waals surface area contributed by atoms with Crippen molar-refractivity contribution in [2.75, 3.05) is 40.9 Å². The van der Waals surface area contributed by atoms with Crippen LogP contribution in [-0.2, 0) is 18.4 Å². The molecule has 0 heterocycles. The predicted octanol–water partition coefficient (Wildman–Crippen LogP) is 19.0. The zero-order valence-corrected chi connectivity index (χ0v) is 48.7. The van der Waals surface area contributed by atoms with Crippen LogP contribution in [-0.4, -0.2) is 73.4 Å². The van der Waals surface area contributed by atoms with Gasteiger partial charge >= 0.3 is 7.82 Å².